The number of epoxide rings is 1. The Morgan fingerprint density at radius 3 is 2.72 bits per heavy atom. The summed E-state index contributed by atoms with van der Waals surface area (Å²) >= 11 is 0. The lowest BCUT2D eigenvalue weighted by atomic mass is 10.2. The van der Waals surface area contributed by atoms with Gasteiger partial charge in [-0.05, 0) is 64.9 Å². The Balaban J connectivity index is 1.43. The molecule has 2 aliphatic heterocycles. The second-order valence-electron chi connectivity index (χ2n) is 7.93. The van der Waals surface area contributed by atoms with Gasteiger partial charge in [0.2, 0.25) is 6.29 Å². The van der Waals surface area contributed by atoms with Crippen molar-refractivity contribution in [3.8, 4) is 5.75 Å². The van der Waals surface area contributed by atoms with Crippen LogP contribution < -0.4 is 4.74 Å². The van der Waals surface area contributed by atoms with Gasteiger partial charge in [-0.25, -0.2) is 0 Å². The molecule has 2 aromatic rings. The van der Waals surface area contributed by atoms with E-state index < -0.39 is 0 Å². The minimum atomic E-state index is -0.202. The molecule has 2 aliphatic rings. The minimum Gasteiger partial charge on any atom is -0.492 e. The first kappa shape index (κ1) is 16.9. The molecule has 5 heteroatoms. The largest absolute Gasteiger partial charge is 0.492 e. The van der Waals surface area contributed by atoms with E-state index in [9.17, 15) is 0 Å². The van der Waals surface area contributed by atoms with E-state index in [0.717, 1.165) is 29.8 Å². The van der Waals surface area contributed by atoms with Gasteiger partial charge in [0.05, 0.1) is 11.1 Å². The molecule has 0 amide bonds. The summed E-state index contributed by atoms with van der Waals surface area (Å²) in [5.41, 5.74) is 0.926. The summed E-state index contributed by atoms with van der Waals surface area (Å²) in [4.78, 5) is 2.47. The first-order valence-electron chi connectivity index (χ1n) is 9.29. The molecule has 0 spiro atoms. The van der Waals surface area contributed by atoms with E-state index in [-0.39, 0.29) is 18.1 Å². The van der Waals surface area contributed by atoms with Gasteiger partial charge in [-0.15, -0.1) is 0 Å². The molecule has 2 unspecified atom stereocenters. The first-order valence-corrected chi connectivity index (χ1v) is 9.29. The van der Waals surface area contributed by atoms with Crippen molar-refractivity contribution in [2.75, 3.05) is 26.2 Å². The topological polar surface area (TPSA) is 39.2 Å². The van der Waals surface area contributed by atoms with Crippen molar-refractivity contribution >= 4 is 10.9 Å². The zero-order valence-electron chi connectivity index (χ0n) is 15.4. The van der Waals surface area contributed by atoms with Gasteiger partial charge in [-0.1, -0.05) is 6.07 Å². The van der Waals surface area contributed by atoms with E-state index in [2.05, 4.69) is 27.8 Å². The highest BCUT2D eigenvalue weighted by Gasteiger charge is 2.44. The monoisotopic (exact) mass is 344 g/mol. The second kappa shape index (κ2) is 6.63. The van der Waals surface area contributed by atoms with Crippen LogP contribution in [-0.4, -0.2) is 47.6 Å². The third-order valence-corrected chi connectivity index (χ3v) is 4.76. The Labute approximate surface area is 149 Å². The molecule has 1 aromatic heterocycles. The number of hydrogen-bond donors (Lipinski definition) is 0. The van der Waals surface area contributed by atoms with Gasteiger partial charge < -0.3 is 18.8 Å². The van der Waals surface area contributed by atoms with Gasteiger partial charge in [0, 0.05) is 18.1 Å². The van der Waals surface area contributed by atoms with Crippen LogP contribution in [-0.2, 0) is 9.47 Å². The molecule has 0 bridgehead atoms. The molecule has 3 heterocycles. The van der Waals surface area contributed by atoms with Crippen LogP contribution in [0.25, 0.3) is 10.9 Å². The average Bonchev–Trinajstić information content (AvgIpc) is 2.99. The third-order valence-electron chi connectivity index (χ3n) is 4.76. The molecule has 2 saturated heterocycles. The molecule has 0 saturated carbocycles. The predicted molar refractivity (Wildman–Crippen MR) is 97.9 cm³/mol. The highest BCUT2D eigenvalue weighted by atomic mass is 16.8. The van der Waals surface area contributed by atoms with Crippen molar-refractivity contribution < 1.29 is 14.2 Å². The summed E-state index contributed by atoms with van der Waals surface area (Å²) in [6, 6.07) is 8.31. The summed E-state index contributed by atoms with van der Waals surface area (Å²) in [6.45, 7) is 10.3. The normalized spacial score (nSPS) is 24.1. The van der Waals surface area contributed by atoms with E-state index in [1.807, 2.05) is 32.9 Å². The second-order valence-corrected chi connectivity index (χ2v) is 7.93. The van der Waals surface area contributed by atoms with E-state index in [4.69, 9.17) is 14.2 Å². The fourth-order valence-corrected chi connectivity index (χ4v) is 3.52. The number of likely N-dealkylation sites (tertiary alicyclic amines) is 1. The molecule has 136 valence electrons. The van der Waals surface area contributed by atoms with Gasteiger partial charge >= 0.3 is 0 Å². The molecule has 0 N–H and O–H groups in total. The lowest BCUT2D eigenvalue weighted by Crippen LogP contribution is -2.25. The molecular weight excluding hydrogens is 316 g/mol. The predicted octanol–water partition coefficient (Wildman–Crippen LogP) is 3.79. The van der Waals surface area contributed by atoms with Crippen molar-refractivity contribution in [1.82, 2.24) is 9.47 Å². The van der Waals surface area contributed by atoms with E-state index in [0.29, 0.717) is 0 Å². The number of rotatable bonds is 6. The quantitative estimate of drug-likeness (QED) is 0.748. The lowest BCUT2D eigenvalue weighted by molar-refractivity contribution is -0.0572. The molecule has 2 atom stereocenters. The van der Waals surface area contributed by atoms with Crippen LogP contribution in [0.2, 0.25) is 0 Å². The maximum atomic E-state index is 6.08. The first-order chi connectivity index (χ1) is 12.0. The fourth-order valence-electron chi connectivity index (χ4n) is 3.52. The van der Waals surface area contributed by atoms with Crippen molar-refractivity contribution in [2.45, 2.75) is 51.7 Å². The number of hydrogen-bond acceptors (Lipinski definition) is 4. The summed E-state index contributed by atoms with van der Waals surface area (Å²) in [6.07, 6.45) is 4.48. The summed E-state index contributed by atoms with van der Waals surface area (Å²) in [5.74, 6) is 0.949. The molecular formula is C20H28N2O3. The number of ether oxygens (including phenoxy) is 3. The van der Waals surface area contributed by atoms with Gasteiger partial charge in [-0.3, -0.25) is 4.90 Å². The maximum absolute atomic E-state index is 6.08. The average molecular weight is 344 g/mol. The van der Waals surface area contributed by atoms with Crippen molar-refractivity contribution in [3.05, 3.63) is 30.5 Å². The highest BCUT2D eigenvalue weighted by molar-refractivity contribution is 5.86. The van der Waals surface area contributed by atoms with Gasteiger partial charge in [0.15, 0.2) is 6.23 Å². The summed E-state index contributed by atoms with van der Waals surface area (Å²) in [5, 5.41) is 1.13. The molecule has 25 heavy (non-hydrogen) atoms. The molecule has 5 nitrogen and oxygen atoms in total. The van der Waals surface area contributed by atoms with Crippen molar-refractivity contribution in [3.63, 3.8) is 0 Å². The van der Waals surface area contributed by atoms with Gasteiger partial charge in [0.25, 0.3) is 0 Å². The zero-order valence-corrected chi connectivity index (χ0v) is 15.4. The fraction of sp³-hybridized carbons (Fsp3) is 0.600. The Bertz CT molecular complexity index is 728. The van der Waals surface area contributed by atoms with Crippen molar-refractivity contribution in [1.29, 1.82) is 0 Å². The maximum Gasteiger partial charge on any atom is 0.206 e. The third kappa shape index (κ3) is 3.84. The van der Waals surface area contributed by atoms with Gasteiger partial charge in [0.1, 0.15) is 12.4 Å². The van der Waals surface area contributed by atoms with E-state index in [1.165, 1.54) is 25.9 Å². The number of aromatic nitrogens is 1. The van der Waals surface area contributed by atoms with Crippen LogP contribution in [0.1, 0.15) is 39.8 Å². The Morgan fingerprint density at radius 1 is 1.16 bits per heavy atom. The van der Waals surface area contributed by atoms with Crippen LogP contribution in [0.15, 0.2) is 30.5 Å². The van der Waals surface area contributed by atoms with E-state index >= 15 is 0 Å². The number of fused-ring (bicyclic) bond motifs is 1. The minimum absolute atomic E-state index is 0.0448. The molecule has 0 aliphatic carbocycles. The van der Waals surface area contributed by atoms with Crippen LogP contribution >= 0.6 is 0 Å². The van der Waals surface area contributed by atoms with Gasteiger partial charge in [-0.2, -0.15) is 0 Å². The van der Waals surface area contributed by atoms with Crippen LogP contribution in [0.5, 0.6) is 5.75 Å². The summed E-state index contributed by atoms with van der Waals surface area (Å²) < 4.78 is 19.8. The highest BCUT2D eigenvalue weighted by Crippen LogP contribution is 2.40. The zero-order chi connectivity index (χ0) is 17.4. The Hall–Kier alpha value is -1.56. The van der Waals surface area contributed by atoms with E-state index in [1.54, 1.807) is 0 Å². The SMILES string of the molecule is CC(C)(C)OC1OC1n1ccc2c(OCCN3CCCC3)cccc21. The summed E-state index contributed by atoms with van der Waals surface area (Å²) in [7, 11) is 0. The Morgan fingerprint density at radius 2 is 1.96 bits per heavy atom. The molecule has 0 radical (unpaired) electrons. The molecule has 2 fully saturated rings. The number of benzene rings is 1. The van der Waals surface area contributed by atoms with Crippen LogP contribution in [0, 0.1) is 0 Å². The smallest absolute Gasteiger partial charge is 0.206 e. The standard InChI is InChI=1S/C20H28N2O3/c1-20(2,3)25-19-18(24-19)22-12-9-15-16(22)7-6-8-17(15)23-14-13-21-10-4-5-11-21/h6-9,12,18-19H,4-5,10-11,13-14H2,1-3H3. The van der Waals surface area contributed by atoms with Crippen molar-refractivity contribution in [2.24, 2.45) is 0 Å². The lowest BCUT2D eigenvalue weighted by Gasteiger charge is -2.17. The number of nitrogens with zero attached hydrogens (tertiary/aromatic N) is 2. The Kier molecular flexibility index (Phi) is 4.48. The molecule has 1 aromatic carbocycles. The van der Waals surface area contributed by atoms with Crippen LogP contribution in [0.4, 0.5) is 0 Å². The molecule has 4 rings (SSSR count). The van der Waals surface area contributed by atoms with Crippen LogP contribution in [0.3, 0.4) is 0 Å².